The summed E-state index contributed by atoms with van der Waals surface area (Å²) in [6, 6.07) is 6.01. The molecule has 0 spiro atoms. The number of ether oxygens (including phenoxy) is 4. The molecule has 15 heteroatoms. The van der Waals surface area contributed by atoms with Gasteiger partial charge in [0.05, 0.1) is 24.5 Å². The van der Waals surface area contributed by atoms with Crippen LogP contribution in [0.15, 0.2) is 42.6 Å². The van der Waals surface area contributed by atoms with Crippen LogP contribution in [0.1, 0.15) is 133 Å². The Hall–Kier alpha value is -4.36. The number of cyclic esters (lactones) is 1. The van der Waals surface area contributed by atoms with E-state index >= 15 is 4.39 Å². The number of aliphatic hydroxyl groups is 1. The summed E-state index contributed by atoms with van der Waals surface area (Å²) in [6.45, 7) is 20.4. The highest BCUT2D eigenvalue weighted by molar-refractivity contribution is 6.07. The molecule has 10 atom stereocenters. The van der Waals surface area contributed by atoms with Crippen molar-refractivity contribution in [3.8, 4) is 12.0 Å². The number of nitrogens with zero attached hydrogens (tertiary/aromatic N) is 4. The fraction of sp³-hybridized carbons (Fsp3) is 0.700. The number of halogens is 1. The van der Waals surface area contributed by atoms with Gasteiger partial charge in [0.1, 0.15) is 17.6 Å². The number of amides is 1. The summed E-state index contributed by atoms with van der Waals surface area (Å²) in [5.74, 6) is -1.52. The largest absolute Gasteiger partial charge is 0.463 e. The Morgan fingerprint density at radius 2 is 1.78 bits per heavy atom. The number of aliphatic hydroxyl groups excluding tert-OH is 1. The summed E-state index contributed by atoms with van der Waals surface area (Å²) in [5.41, 5.74) is -1.31. The van der Waals surface area contributed by atoms with Crippen molar-refractivity contribution < 1.29 is 47.6 Å². The first kappa shape index (κ1) is 56.8. The number of aromatic nitrogens is 1. The number of carbonyl (C=O) groups is 4. The number of rotatable bonds is 11. The van der Waals surface area contributed by atoms with Gasteiger partial charge in [-0.15, -0.1) is 0 Å². The first-order chi connectivity index (χ1) is 30.9. The number of pyridine rings is 1. The average molecular weight is 914 g/mol. The van der Waals surface area contributed by atoms with E-state index in [4.69, 9.17) is 18.9 Å². The van der Waals surface area contributed by atoms with E-state index in [1.807, 2.05) is 71.9 Å². The van der Waals surface area contributed by atoms with E-state index in [1.54, 1.807) is 46.2 Å². The average Bonchev–Trinajstić information content (AvgIpc) is 3.43. The molecule has 2 saturated heterocycles. The van der Waals surface area contributed by atoms with Gasteiger partial charge in [-0.3, -0.25) is 14.6 Å². The zero-order valence-corrected chi connectivity index (χ0v) is 41.5. The van der Waals surface area contributed by atoms with Crippen LogP contribution in [0.4, 0.5) is 9.18 Å². The fourth-order valence-corrected chi connectivity index (χ4v) is 8.12. The molecule has 14 nitrogen and oxygen atoms in total. The van der Waals surface area contributed by atoms with Gasteiger partial charge in [0.15, 0.2) is 12.1 Å². The number of nitrogens with one attached hydrogen (secondary N) is 1. The van der Waals surface area contributed by atoms with E-state index in [0.717, 1.165) is 18.2 Å². The van der Waals surface area contributed by atoms with Crippen LogP contribution in [0.2, 0.25) is 0 Å². The van der Waals surface area contributed by atoms with Gasteiger partial charge in [-0.25, -0.2) is 14.0 Å². The standard InChI is InChI=1S/C46H68FN5O9.2C2H6/c1-10-31(3)60-45(57)52(24-14-13-23-51-22-12-11-21-49-37(29-51)35-16-15-20-48-28-35)38-19-25-58-44(56)46(7,47)42(55)34(6)40(18-17-30(2)41(54)33(38)5)61-43-39(53)27-36(50(8)9)26-32(4)59-43;2*1-2/h10,15-16,20,28-30,32-34,36,38-40,43,49,53H,12-14,17-19,22-27H2,1-9H3;2*1-2H3/b31-10-,37-29-;;/t30-,32-,33-,34-,36+,38+,39-,40+,43+,46+;;/m1../s1. The number of ketones is 2. The van der Waals surface area contributed by atoms with Crippen LogP contribution in [0.25, 0.3) is 5.70 Å². The maximum absolute atomic E-state index is 16.4. The number of esters is 1. The molecule has 3 aliphatic rings. The Labute approximate surface area is 389 Å². The zero-order chi connectivity index (χ0) is 48.9. The van der Waals surface area contributed by atoms with Crippen molar-refractivity contribution in [2.24, 2.45) is 17.8 Å². The van der Waals surface area contributed by atoms with Gasteiger partial charge in [-0.1, -0.05) is 54.4 Å². The molecule has 0 saturated carbocycles. The molecule has 2 fully saturated rings. The van der Waals surface area contributed by atoms with Crippen LogP contribution in [-0.4, -0.2) is 131 Å². The number of alkyl halides is 1. The molecule has 0 aliphatic carbocycles. The van der Waals surface area contributed by atoms with Crippen LogP contribution < -0.4 is 5.32 Å². The molecule has 3 aliphatic heterocycles. The molecule has 1 aromatic heterocycles. The Morgan fingerprint density at radius 1 is 1.08 bits per heavy atom. The van der Waals surface area contributed by atoms with Gasteiger partial charge in [-0.2, -0.15) is 0 Å². The molecule has 1 aromatic rings. The van der Waals surface area contributed by atoms with E-state index in [0.29, 0.717) is 51.0 Å². The normalized spacial score (nSPS) is 30.3. The van der Waals surface area contributed by atoms with Crippen molar-refractivity contribution in [2.75, 3.05) is 40.3 Å². The Morgan fingerprint density at radius 3 is 2.43 bits per heavy atom. The molecule has 366 valence electrons. The second-order valence-electron chi connectivity index (χ2n) is 17.1. The van der Waals surface area contributed by atoms with Crippen molar-refractivity contribution in [3.05, 3.63) is 48.1 Å². The van der Waals surface area contributed by atoms with Crippen molar-refractivity contribution in [1.82, 2.24) is 25.0 Å². The van der Waals surface area contributed by atoms with Gasteiger partial charge >= 0.3 is 12.1 Å². The lowest BCUT2D eigenvalue weighted by Gasteiger charge is -2.37. The third-order valence-electron chi connectivity index (χ3n) is 12.2. The molecular formula is C50H80FN5O9. The van der Waals surface area contributed by atoms with E-state index < -0.39 is 65.8 Å². The van der Waals surface area contributed by atoms with E-state index in [2.05, 4.69) is 27.2 Å². The van der Waals surface area contributed by atoms with E-state index in [1.165, 1.54) is 11.8 Å². The molecule has 0 radical (unpaired) electrons. The number of allylic oxidation sites excluding steroid dienone is 2. The van der Waals surface area contributed by atoms with Crippen LogP contribution >= 0.6 is 0 Å². The van der Waals surface area contributed by atoms with Crippen molar-refractivity contribution in [1.29, 1.82) is 0 Å². The lowest BCUT2D eigenvalue weighted by molar-refractivity contribution is -0.235. The number of carbonyl (C=O) groups excluding carboxylic acids is 4. The summed E-state index contributed by atoms with van der Waals surface area (Å²) >= 11 is 0. The second kappa shape index (κ2) is 28.6. The number of unbranched alkanes of at least 4 members (excludes halogenated alkanes) is 1. The minimum absolute atomic E-state index is 0.00236. The van der Waals surface area contributed by atoms with Crippen LogP contribution in [0.3, 0.4) is 0 Å². The number of hydrogen-bond acceptors (Lipinski definition) is 13. The van der Waals surface area contributed by atoms with Gasteiger partial charge in [0.25, 0.3) is 5.67 Å². The summed E-state index contributed by atoms with van der Waals surface area (Å²) in [6.07, 6.45) is 6.24. The molecule has 4 heterocycles. The fourth-order valence-electron chi connectivity index (χ4n) is 8.12. The predicted molar refractivity (Wildman–Crippen MR) is 251 cm³/mol. The maximum Gasteiger partial charge on any atom is 0.415 e. The third-order valence-corrected chi connectivity index (χ3v) is 12.2. The monoisotopic (exact) mass is 914 g/mol. The Bertz CT molecular complexity index is 1760. The van der Waals surface area contributed by atoms with E-state index in [9.17, 15) is 24.3 Å². The number of hydrogen-bond donors (Lipinski definition) is 2. The van der Waals surface area contributed by atoms with Gasteiger partial charge in [-0.05, 0) is 98.5 Å². The summed E-state index contributed by atoms with van der Waals surface area (Å²) in [5, 5.41) is 14.4. The Kier molecular flexibility index (Phi) is 25.0. The molecular weight excluding hydrogens is 834 g/mol. The van der Waals surface area contributed by atoms with Crippen LogP contribution in [0.5, 0.6) is 0 Å². The maximum atomic E-state index is 16.4. The van der Waals surface area contributed by atoms with Crippen molar-refractivity contribution in [2.45, 2.75) is 170 Å². The van der Waals surface area contributed by atoms with Crippen molar-refractivity contribution >= 4 is 29.3 Å². The highest BCUT2D eigenvalue weighted by Crippen LogP contribution is 2.32. The lowest BCUT2D eigenvalue weighted by atomic mass is 9.82. The first-order valence-corrected chi connectivity index (χ1v) is 23.8. The first-order valence-electron chi connectivity index (χ1n) is 23.8. The lowest BCUT2D eigenvalue weighted by Crippen LogP contribution is -2.50. The molecule has 0 unspecified atom stereocenters. The molecule has 2 N–H and O–H groups in total. The summed E-state index contributed by atoms with van der Waals surface area (Å²) in [7, 11) is 3.84. The quantitative estimate of drug-likeness (QED) is 0.0726. The van der Waals surface area contributed by atoms with Gasteiger partial charge < -0.3 is 44.1 Å². The number of Topliss-reactive ketones (excluding diaryl/α,β-unsaturated/α-hetero) is 2. The third kappa shape index (κ3) is 17.1. The molecule has 4 rings (SSSR count). The highest BCUT2D eigenvalue weighted by Gasteiger charge is 2.49. The SMILES string of the molecule is C/C=C(/C)OC(=O)N(CCCCN1/C=C(/c2cccnc2)NC#CCC1)[C@H]1CCOC(=O)[C@@](C)(F)C(=O)[C@H](C)[C@@H](O[C@@H]2O[C@H](C)C[C@H](N(C)C)C[C@H]2O)CC[C@@H](C)C(=O)[C@@H]1C.CC.CC. The molecule has 65 heavy (non-hydrogen) atoms. The van der Waals surface area contributed by atoms with Crippen molar-refractivity contribution in [3.63, 3.8) is 0 Å². The Balaban J connectivity index is 0.00000353. The minimum atomic E-state index is -3.03. The van der Waals surface area contributed by atoms with Crippen LogP contribution in [0, 0.1) is 29.7 Å². The predicted octanol–water partition coefficient (Wildman–Crippen LogP) is 7.90. The molecule has 0 bridgehead atoms. The topological polar surface area (TPSA) is 160 Å². The van der Waals surface area contributed by atoms with E-state index in [-0.39, 0.29) is 50.3 Å². The minimum Gasteiger partial charge on any atom is -0.463 e. The highest BCUT2D eigenvalue weighted by atomic mass is 19.1. The zero-order valence-electron chi connectivity index (χ0n) is 41.5. The smallest absolute Gasteiger partial charge is 0.415 e. The van der Waals surface area contributed by atoms with Gasteiger partial charge in [0, 0.05) is 92.5 Å². The second-order valence-corrected chi connectivity index (χ2v) is 17.1. The van der Waals surface area contributed by atoms with Crippen LogP contribution in [-0.2, 0) is 33.3 Å². The summed E-state index contributed by atoms with van der Waals surface area (Å²) in [4.78, 5) is 65.4. The molecule has 1 amide bonds. The summed E-state index contributed by atoms with van der Waals surface area (Å²) < 4.78 is 40.0. The molecule has 0 aromatic carbocycles. The van der Waals surface area contributed by atoms with Gasteiger partial charge in [0.2, 0.25) is 0 Å².